The van der Waals surface area contributed by atoms with Crippen molar-refractivity contribution >= 4 is 24.0 Å². The number of nitrogens with zero attached hydrogens (tertiary/aromatic N) is 1. The van der Waals surface area contributed by atoms with Gasteiger partial charge in [-0.05, 0) is 36.9 Å². The first kappa shape index (κ1) is 14.0. The fourth-order valence-electron chi connectivity index (χ4n) is 2.24. The summed E-state index contributed by atoms with van der Waals surface area (Å²) in [5, 5.41) is 6.74. The summed E-state index contributed by atoms with van der Waals surface area (Å²) >= 11 is 1.51. The lowest BCUT2D eigenvalue weighted by atomic mass is 9.90. The molecule has 1 aromatic rings. The summed E-state index contributed by atoms with van der Waals surface area (Å²) < 4.78 is 5.35. The molecule has 102 valence electrons. The van der Waals surface area contributed by atoms with Crippen molar-refractivity contribution in [1.82, 2.24) is 5.32 Å². The number of rotatable bonds is 5. The Morgan fingerprint density at radius 3 is 2.84 bits per heavy atom. The van der Waals surface area contributed by atoms with Crippen molar-refractivity contribution < 1.29 is 9.53 Å². The Morgan fingerprint density at radius 1 is 1.53 bits per heavy atom. The van der Waals surface area contributed by atoms with E-state index in [1.165, 1.54) is 11.3 Å². The Balaban J connectivity index is 2.07. The highest BCUT2D eigenvalue weighted by atomic mass is 32.1. The van der Waals surface area contributed by atoms with Gasteiger partial charge in [-0.25, -0.2) is 0 Å². The van der Waals surface area contributed by atoms with Crippen LogP contribution in [0.25, 0.3) is 0 Å². The predicted molar refractivity (Wildman–Crippen MR) is 77.8 cm³/mol. The summed E-state index contributed by atoms with van der Waals surface area (Å²) in [6.07, 6.45) is 1.81. The summed E-state index contributed by atoms with van der Waals surface area (Å²) in [4.78, 5) is 16.0. The van der Waals surface area contributed by atoms with Crippen LogP contribution in [0.5, 0.6) is 0 Å². The number of carbonyl (C=O) groups excluding carboxylic acids is 1. The molecule has 0 spiro atoms. The molecule has 0 bridgehead atoms. The molecule has 1 aliphatic heterocycles. The van der Waals surface area contributed by atoms with Crippen molar-refractivity contribution in [1.29, 1.82) is 0 Å². The second kappa shape index (κ2) is 6.63. The number of hydrogen-bond donors (Lipinski definition) is 1. The van der Waals surface area contributed by atoms with Crippen LogP contribution in [0.1, 0.15) is 23.2 Å². The quantitative estimate of drug-likeness (QED) is 0.841. The molecular weight excluding hydrogens is 260 g/mol. The largest absolute Gasteiger partial charge is 0.381 e. The zero-order valence-electron chi connectivity index (χ0n) is 10.8. The molecule has 1 aromatic heterocycles. The van der Waals surface area contributed by atoms with E-state index in [1.54, 1.807) is 0 Å². The van der Waals surface area contributed by atoms with Gasteiger partial charge < -0.3 is 10.1 Å². The minimum Gasteiger partial charge on any atom is -0.381 e. The van der Waals surface area contributed by atoms with Gasteiger partial charge in [-0.1, -0.05) is 6.58 Å². The van der Waals surface area contributed by atoms with E-state index in [1.807, 2.05) is 16.8 Å². The standard InChI is InChI=1S/C14H18N2O2S/c1-10(15-2)13(11-3-6-18-7-4-11)16-14(17)12-5-8-19-9-12/h5,8-9,11,13H,1-4,6-7H2,(H,16,17). The van der Waals surface area contributed by atoms with Crippen molar-refractivity contribution in [3.05, 3.63) is 34.7 Å². The van der Waals surface area contributed by atoms with E-state index in [4.69, 9.17) is 4.74 Å². The molecule has 0 aliphatic carbocycles. The molecule has 1 saturated heterocycles. The predicted octanol–water partition coefficient (Wildman–Crippen LogP) is 2.49. The van der Waals surface area contributed by atoms with Crippen LogP contribution >= 0.6 is 11.3 Å². The molecule has 1 N–H and O–H groups in total. The summed E-state index contributed by atoms with van der Waals surface area (Å²) in [5.41, 5.74) is 1.30. The second-order valence-corrected chi connectivity index (χ2v) is 5.34. The van der Waals surface area contributed by atoms with Crippen molar-refractivity contribution in [3.8, 4) is 0 Å². The molecule has 2 heterocycles. The Morgan fingerprint density at radius 2 is 2.26 bits per heavy atom. The van der Waals surface area contributed by atoms with Gasteiger partial charge in [-0.2, -0.15) is 11.3 Å². The lowest BCUT2D eigenvalue weighted by molar-refractivity contribution is 0.0557. The van der Waals surface area contributed by atoms with E-state index in [-0.39, 0.29) is 11.9 Å². The summed E-state index contributed by atoms with van der Waals surface area (Å²) in [6, 6.07) is 1.65. The van der Waals surface area contributed by atoms with Crippen molar-refractivity contribution in [3.63, 3.8) is 0 Å². The molecule has 1 unspecified atom stereocenters. The van der Waals surface area contributed by atoms with Gasteiger partial charge in [-0.3, -0.25) is 9.79 Å². The zero-order valence-corrected chi connectivity index (χ0v) is 11.6. The van der Waals surface area contributed by atoms with E-state index in [2.05, 4.69) is 23.6 Å². The molecule has 1 fully saturated rings. The third kappa shape index (κ3) is 3.52. The van der Waals surface area contributed by atoms with Crippen LogP contribution in [0.3, 0.4) is 0 Å². The van der Waals surface area contributed by atoms with Gasteiger partial charge in [0.15, 0.2) is 0 Å². The summed E-state index contributed by atoms with van der Waals surface area (Å²) in [6.45, 7) is 8.86. The minimum absolute atomic E-state index is 0.0810. The number of aliphatic imine (C=N–C) groups is 1. The molecule has 1 aliphatic rings. The van der Waals surface area contributed by atoms with E-state index in [0.717, 1.165) is 26.1 Å². The maximum atomic E-state index is 12.1. The van der Waals surface area contributed by atoms with E-state index in [9.17, 15) is 4.79 Å². The van der Waals surface area contributed by atoms with Gasteiger partial charge in [0.05, 0.1) is 17.3 Å². The van der Waals surface area contributed by atoms with Gasteiger partial charge in [-0.15, -0.1) is 0 Å². The Kier molecular flexibility index (Phi) is 4.87. The molecule has 5 heteroatoms. The van der Waals surface area contributed by atoms with Gasteiger partial charge in [0.1, 0.15) is 0 Å². The minimum atomic E-state index is -0.159. The average Bonchev–Trinajstić information content (AvgIpc) is 2.99. The molecule has 19 heavy (non-hydrogen) atoms. The Labute approximate surface area is 117 Å². The fraction of sp³-hybridized carbons (Fsp3) is 0.429. The van der Waals surface area contributed by atoms with Crippen LogP contribution in [-0.4, -0.2) is 31.9 Å². The normalized spacial score (nSPS) is 17.7. The van der Waals surface area contributed by atoms with Crippen LogP contribution in [0.4, 0.5) is 0 Å². The van der Waals surface area contributed by atoms with E-state index >= 15 is 0 Å². The molecule has 1 atom stereocenters. The summed E-state index contributed by atoms with van der Waals surface area (Å²) in [5.74, 6) is 0.233. The molecule has 4 nitrogen and oxygen atoms in total. The fourth-order valence-corrected chi connectivity index (χ4v) is 2.87. The molecule has 0 saturated carbocycles. The summed E-state index contributed by atoms with van der Waals surface area (Å²) in [7, 11) is 0. The number of thiophene rings is 1. The monoisotopic (exact) mass is 278 g/mol. The van der Waals surface area contributed by atoms with Crippen molar-refractivity contribution in [2.24, 2.45) is 10.9 Å². The number of ether oxygens (including phenoxy) is 1. The van der Waals surface area contributed by atoms with Crippen LogP contribution in [0.2, 0.25) is 0 Å². The van der Waals surface area contributed by atoms with Crippen molar-refractivity contribution in [2.75, 3.05) is 13.2 Å². The maximum Gasteiger partial charge on any atom is 0.252 e. The van der Waals surface area contributed by atoms with Crippen LogP contribution in [-0.2, 0) is 4.74 Å². The van der Waals surface area contributed by atoms with E-state index < -0.39 is 0 Å². The highest BCUT2D eigenvalue weighted by Crippen LogP contribution is 2.23. The molecular formula is C14H18N2O2S. The average molecular weight is 278 g/mol. The van der Waals surface area contributed by atoms with E-state index in [0.29, 0.717) is 17.2 Å². The Bertz CT molecular complexity index is 450. The third-order valence-corrected chi connectivity index (χ3v) is 4.05. The van der Waals surface area contributed by atoms with Gasteiger partial charge >= 0.3 is 0 Å². The number of carbonyl (C=O) groups is 1. The molecule has 0 radical (unpaired) electrons. The SMILES string of the molecule is C=NC(=C)C(NC(=O)c1ccsc1)C1CCOCC1. The lowest BCUT2D eigenvalue weighted by Crippen LogP contribution is -2.43. The van der Waals surface area contributed by atoms with Crippen molar-refractivity contribution in [2.45, 2.75) is 18.9 Å². The molecule has 0 aromatic carbocycles. The van der Waals surface area contributed by atoms with Gasteiger partial charge in [0.2, 0.25) is 0 Å². The molecule has 2 rings (SSSR count). The van der Waals surface area contributed by atoms with Gasteiger partial charge in [0, 0.05) is 18.6 Å². The van der Waals surface area contributed by atoms with Gasteiger partial charge in [0.25, 0.3) is 5.91 Å². The maximum absolute atomic E-state index is 12.1. The highest BCUT2D eigenvalue weighted by molar-refractivity contribution is 7.08. The smallest absolute Gasteiger partial charge is 0.252 e. The first-order chi connectivity index (χ1) is 9.22. The number of hydrogen-bond acceptors (Lipinski definition) is 4. The first-order valence-corrected chi connectivity index (χ1v) is 7.23. The molecule has 1 amide bonds. The lowest BCUT2D eigenvalue weighted by Gasteiger charge is -2.30. The Hall–Kier alpha value is -1.46. The van der Waals surface area contributed by atoms with Crippen LogP contribution in [0, 0.1) is 5.92 Å². The van der Waals surface area contributed by atoms with Crippen LogP contribution < -0.4 is 5.32 Å². The third-order valence-electron chi connectivity index (χ3n) is 3.37. The zero-order chi connectivity index (χ0) is 13.7. The number of nitrogens with one attached hydrogen (secondary N) is 1. The van der Waals surface area contributed by atoms with Crippen LogP contribution in [0.15, 0.2) is 34.1 Å². The second-order valence-electron chi connectivity index (χ2n) is 4.56. The first-order valence-electron chi connectivity index (χ1n) is 6.28. The highest BCUT2D eigenvalue weighted by Gasteiger charge is 2.27. The number of amides is 1. The topological polar surface area (TPSA) is 50.7 Å².